The third-order valence-electron chi connectivity index (χ3n) is 12.1. The van der Waals surface area contributed by atoms with E-state index in [2.05, 4.69) is 60.1 Å². The molecule has 0 bridgehead atoms. The van der Waals surface area contributed by atoms with Gasteiger partial charge >= 0.3 is 5.97 Å². The lowest BCUT2D eigenvalue weighted by molar-refractivity contribution is -0.141. The van der Waals surface area contributed by atoms with Gasteiger partial charge in [0.25, 0.3) is 0 Å². The molecule has 0 amide bonds. The van der Waals surface area contributed by atoms with Gasteiger partial charge in [-0.3, -0.25) is 4.79 Å². The molecule has 1 unspecified atom stereocenters. The normalized spacial score (nSPS) is 24.0. The van der Waals surface area contributed by atoms with Crippen LogP contribution in [-0.2, 0) is 27.8 Å². The zero-order valence-electron chi connectivity index (χ0n) is 31.0. The van der Waals surface area contributed by atoms with Crippen LogP contribution in [0.3, 0.4) is 0 Å². The molecule has 1 spiro atoms. The number of aromatic hydroxyl groups is 2. The molecule has 0 aromatic heterocycles. The van der Waals surface area contributed by atoms with Crippen molar-refractivity contribution in [3.05, 3.63) is 125 Å². The molecule has 1 fully saturated rings. The number of benzene rings is 4. The lowest BCUT2D eigenvalue weighted by Crippen LogP contribution is -2.35. The van der Waals surface area contributed by atoms with E-state index < -0.39 is 6.10 Å². The van der Waals surface area contributed by atoms with Gasteiger partial charge in [0.05, 0.1) is 26.3 Å². The number of carbonyl (C=O) groups excluding carboxylic acids is 1. The number of nitrogens with one attached hydrogen (secondary N) is 1. The van der Waals surface area contributed by atoms with Gasteiger partial charge < -0.3 is 40.2 Å². The Balaban J connectivity index is 1.25. The number of phenolic OH excluding ortho intramolecular Hbond substituents is 2. The van der Waals surface area contributed by atoms with Crippen LogP contribution < -0.4 is 25.3 Å². The molecule has 0 saturated heterocycles. The number of esters is 1. The minimum atomic E-state index is -0.496. The van der Waals surface area contributed by atoms with E-state index in [1.807, 2.05) is 18.2 Å². The van der Waals surface area contributed by atoms with Gasteiger partial charge in [0.1, 0.15) is 30.0 Å². The summed E-state index contributed by atoms with van der Waals surface area (Å²) in [6, 6.07) is 23.7. The average molecular weight is 729 g/mol. The van der Waals surface area contributed by atoms with Gasteiger partial charge in [0.2, 0.25) is 0 Å². The molecule has 54 heavy (non-hydrogen) atoms. The molecule has 280 valence electrons. The maximum absolute atomic E-state index is 12.2. The summed E-state index contributed by atoms with van der Waals surface area (Å²) in [6.45, 7) is 1.55. The number of aryl methyl sites for hydroxylation is 1. The van der Waals surface area contributed by atoms with Crippen LogP contribution in [0.1, 0.15) is 72.4 Å². The molecule has 9 nitrogen and oxygen atoms in total. The van der Waals surface area contributed by atoms with Gasteiger partial charge in [-0.05, 0) is 102 Å². The molecule has 4 aromatic rings. The number of allylic oxidation sites excluding steroid dienone is 2. The van der Waals surface area contributed by atoms with Crippen LogP contribution in [0.4, 0.5) is 0 Å². The molecule has 0 radical (unpaired) electrons. The Morgan fingerprint density at radius 3 is 2.59 bits per heavy atom. The highest BCUT2D eigenvalue weighted by Crippen LogP contribution is 2.63. The van der Waals surface area contributed by atoms with E-state index in [-0.39, 0.29) is 47.5 Å². The van der Waals surface area contributed by atoms with Gasteiger partial charge in [0.15, 0.2) is 11.5 Å². The van der Waals surface area contributed by atoms with Gasteiger partial charge in [-0.1, -0.05) is 54.6 Å². The molecule has 8 rings (SSSR count). The van der Waals surface area contributed by atoms with E-state index in [0.29, 0.717) is 23.8 Å². The number of fused-ring (bicyclic) bond motifs is 6. The first kappa shape index (κ1) is 35.6. The standard InChI is InChI=1S/C45H48N2O7/c1-26(48)53-25-36-34-13-14-35-41-31(19-32(49)21-39(41)52-3)23-45(42(35)44(34)54-43(36)28-10-15-37(50)38(20-28)51-2)18-17-29(22-45)33(30-11-16-40(46)47-24-30)12-9-27-7-5-4-6-8-27/h4-8,10-11,13-16,19-21,24,29,33,36,40,43,47,49-50H,9,12,17-18,22-23,25,46H2,1-3H3/t29-,33+,36+,40?,43-,45+/m1/s1. The summed E-state index contributed by atoms with van der Waals surface area (Å²) < 4.78 is 24.2. The Hall–Kier alpha value is -5.41. The summed E-state index contributed by atoms with van der Waals surface area (Å²) in [5.74, 6) is 1.98. The van der Waals surface area contributed by atoms with Crippen LogP contribution in [-0.4, -0.2) is 43.2 Å². The largest absolute Gasteiger partial charge is 0.508 e. The molecule has 6 atom stereocenters. The molecule has 4 aromatic carbocycles. The van der Waals surface area contributed by atoms with Crippen molar-refractivity contribution in [2.75, 3.05) is 20.8 Å². The van der Waals surface area contributed by atoms with E-state index in [1.54, 1.807) is 25.3 Å². The van der Waals surface area contributed by atoms with Crippen molar-refractivity contribution in [2.45, 2.75) is 69.1 Å². The monoisotopic (exact) mass is 728 g/mol. The fourth-order valence-corrected chi connectivity index (χ4v) is 9.68. The predicted molar refractivity (Wildman–Crippen MR) is 207 cm³/mol. The van der Waals surface area contributed by atoms with E-state index in [1.165, 1.54) is 25.2 Å². The highest BCUT2D eigenvalue weighted by atomic mass is 16.5. The first-order valence-corrected chi connectivity index (χ1v) is 18.9. The number of hydrogen-bond acceptors (Lipinski definition) is 9. The highest BCUT2D eigenvalue weighted by molar-refractivity contribution is 5.84. The summed E-state index contributed by atoms with van der Waals surface area (Å²) in [5, 5.41) is 24.7. The van der Waals surface area contributed by atoms with E-state index >= 15 is 0 Å². The summed E-state index contributed by atoms with van der Waals surface area (Å²) in [5.41, 5.74) is 14.5. The smallest absolute Gasteiger partial charge is 0.302 e. The molecule has 5 N–H and O–H groups in total. The Morgan fingerprint density at radius 2 is 1.85 bits per heavy atom. The first-order chi connectivity index (χ1) is 26.2. The van der Waals surface area contributed by atoms with Gasteiger partial charge in [-0.2, -0.15) is 0 Å². The molecule has 2 heterocycles. The Kier molecular flexibility index (Phi) is 9.52. The zero-order valence-corrected chi connectivity index (χ0v) is 31.0. The van der Waals surface area contributed by atoms with Crippen LogP contribution in [0, 0.1) is 11.8 Å². The number of rotatable bonds is 10. The number of phenols is 2. The van der Waals surface area contributed by atoms with E-state index in [4.69, 9.17) is 24.7 Å². The number of carbonyl (C=O) groups is 1. The van der Waals surface area contributed by atoms with Crippen molar-refractivity contribution in [3.8, 4) is 39.9 Å². The summed E-state index contributed by atoms with van der Waals surface area (Å²) in [7, 11) is 3.16. The lowest BCUT2D eigenvalue weighted by Gasteiger charge is -2.40. The van der Waals surface area contributed by atoms with Crippen molar-refractivity contribution >= 4 is 5.97 Å². The molecule has 1 saturated carbocycles. The van der Waals surface area contributed by atoms with Crippen LogP contribution in [0.5, 0.6) is 28.7 Å². The summed E-state index contributed by atoms with van der Waals surface area (Å²) in [4.78, 5) is 12.2. The third-order valence-corrected chi connectivity index (χ3v) is 12.1. The first-order valence-electron chi connectivity index (χ1n) is 18.9. The maximum atomic E-state index is 12.2. The predicted octanol–water partition coefficient (Wildman–Crippen LogP) is 7.73. The molecular weight excluding hydrogens is 681 g/mol. The number of methoxy groups -OCH3 is 2. The Bertz CT molecular complexity index is 2130. The lowest BCUT2D eigenvalue weighted by atomic mass is 9.64. The maximum Gasteiger partial charge on any atom is 0.302 e. The third kappa shape index (κ3) is 6.44. The van der Waals surface area contributed by atoms with E-state index in [0.717, 1.165) is 71.2 Å². The Labute approximate surface area is 316 Å². The molecular formula is C45H48N2O7. The van der Waals surface area contributed by atoms with Gasteiger partial charge in [0, 0.05) is 41.3 Å². The zero-order chi connectivity index (χ0) is 37.6. The van der Waals surface area contributed by atoms with E-state index in [9.17, 15) is 15.0 Å². The molecule has 2 aliphatic carbocycles. The number of dihydropyridines is 1. The Morgan fingerprint density at radius 1 is 1.04 bits per heavy atom. The van der Waals surface area contributed by atoms with Crippen LogP contribution >= 0.6 is 0 Å². The van der Waals surface area contributed by atoms with Crippen molar-refractivity contribution in [1.82, 2.24) is 5.32 Å². The molecule has 4 aliphatic rings. The van der Waals surface area contributed by atoms with Crippen molar-refractivity contribution < 1.29 is 34.0 Å². The van der Waals surface area contributed by atoms with Crippen LogP contribution in [0.15, 0.2) is 96.7 Å². The number of nitrogens with two attached hydrogens (primary N) is 1. The van der Waals surface area contributed by atoms with Gasteiger partial charge in [-0.25, -0.2) is 0 Å². The quantitative estimate of drug-likeness (QED) is 0.121. The van der Waals surface area contributed by atoms with Crippen LogP contribution in [0.25, 0.3) is 11.1 Å². The number of ether oxygens (including phenoxy) is 4. The summed E-state index contributed by atoms with van der Waals surface area (Å²) in [6.07, 6.45) is 11.2. The SMILES string of the molecule is COc1cc([C@H]2Oc3c(ccc4c3[C@]3(CC[C@@H]([C@H](CCc5ccccc5)C5=CNC(N)C=C5)C3)Cc3cc(O)cc(OC)c3-4)[C@@H]2COC(C)=O)ccc1O. The highest BCUT2D eigenvalue weighted by Gasteiger charge is 2.51. The second kappa shape index (κ2) is 14.4. The minimum Gasteiger partial charge on any atom is -0.508 e. The second-order valence-electron chi connectivity index (χ2n) is 15.3. The number of hydrogen-bond donors (Lipinski definition) is 4. The van der Waals surface area contributed by atoms with Crippen molar-refractivity contribution in [1.29, 1.82) is 0 Å². The van der Waals surface area contributed by atoms with Crippen molar-refractivity contribution in [3.63, 3.8) is 0 Å². The fraction of sp³-hybridized carbons (Fsp3) is 0.356. The minimum absolute atomic E-state index is 0.0375. The van der Waals surface area contributed by atoms with Crippen molar-refractivity contribution in [2.24, 2.45) is 17.6 Å². The average Bonchev–Trinajstić information content (AvgIpc) is 3.76. The summed E-state index contributed by atoms with van der Waals surface area (Å²) >= 11 is 0. The fourth-order valence-electron chi connectivity index (χ4n) is 9.68. The topological polar surface area (TPSA) is 132 Å². The second-order valence-corrected chi connectivity index (χ2v) is 15.3. The molecule has 2 aliphatic heterocycles. The molecule has 9 heteroatoms. The van der Waals surface area contributed by atoms with Crippen LogP contribution in [0.2, 0.25) is 0 Å². The van der Waals surface area contributed by atoms with Gasteiger partial charge in [-0.15, -0.1) is 0 Å².